The Morgan fingerprint density at radius 3 is 2.75 bits per heavy atom. The fraction of sp³-hybridized carbons (Fsp3) is 0.182. The molecule has 2 rings (SSSR count). The lowest BCUT2D eigenvalue weighted by molar-refractivity contribution is 0.209. The number of nitrogens with zero attached hydrogens (tertiary/aromatic N) is 2. The van der Waals surface area contributed by atoms with Gasteiger partial charge in [0.15, 0.2) is 0 Å². The predicted octanol–water partition coefficient (Wildman–Crippen LogP) is 2.29. The van der Waals surface area contributed by atoms with Gasteiger partial charge in [0, 0.05) is 23.8 Å². The van der Waals surface area contributed by atoms with E-state index in [1.54, 1.807) is 19.3 Å². The molecule has 5 heteroatoms. The van der Waals surface area contributed by atoms with Gasteiger partial charge >= 0.3 is 0 Å². The number of aliphatic hydroxyl groups is 1. The fourth-order valence-corrected chi connectivity index (χ4v) is 1.77. The van der Waals surface area contributed by atoms with Crippen molar-refractivity contribution < 1.29 is 9.50 Å². The summed E-state index contributed by atoms with van der Waals surface area (Å²) in [5, 5.41) is 14.2. The van der Waals surface area contributed by atoms with Gasteiger partial charge in [-0.15, -0.1) is 0 Å². The van der Waals surface area contributed by atoms with Crippen LogP contribution in [-0.4, -0.2) is 14.9 Å². The zero-order chi connectivity index (χ0) is 11.7. The maximum Gasteiger partial charge on any atom is 0.130 e. The molecule has 0 bridgehead atoms. The van der Waals surface area contributed by atoms with Crippen LogP contribution in [0.4, 0.5) is 4.39 Å². The number of aliphatic hydroxyl groups excluding tert-OH is 1. The Labute approximate surface area is 97.1 Å². The average Bonchev–Trinajstić information content (AvgIpc) is 2.64. The second-order valence-electron chi connectivity index (χ2n) is 3.45. The minimum Gasteiger partial charge on any atom is -0.382 e. The van der Waals surface area contributed by atoms with Crippen LogP contribution in [0, 0.1) is 5.82 Å². The van der Waals surface area contributed by atoms with Crippen molar-refractivity contribution in [3.05, 3.63) is 52.6 Å². The van der Waals surface area contributed by atoms with Crippen molar-refractivity contribution in [3.8, 4) is 0 Å². The molecule has 84 valence electrons. The summed E-state index contributed by atoms with van der Waals surface area (Å²) >= 11 is 5.85. The minimum atomic E-state index is -1.14. The third-order valence-corrected chi connectivity index (χ3v) is 2.62. The van der Waals surface area contributed by atoms with Gasteiger partial charge in [-0.3, -0.25) is 4.68 Å². The lowest BCUT2D eigenvalue weighted by atomic mass is 10.1. The number of rotatable bonds is 2. The van der Waals surface area contributed by atoms with Crippen LogP contribution < -0.4 is 0 Å². The fourth-order valence-electron chi connectivity index (χ4n) is 1.50. The van der Waals surface area contributed by atoms with Gasteiger partial charge in [0.2, 0.25) is 0 Å². The van der Waals surface area contributed by atoms with Crippen molar-refractivity contribution in [2.75, 3.05) is 0 Å². The van der Waals surface area contributed by atoms with Crippen LogP contribution in [0.2, 0.25) is 5.02 Å². The molecule has 0 aliphatic rings. The highest BCUT2D eigenvalue weighted by Gasteiger charge is 2.20. The van der Waals surface area contributed by atoms with Crippen LogP contribution >= 0.6 is 11.6 Å². The first-order valence-corrected chi connectivity index (χ1v) is 5.09. The molecular formula is C11H10ClFN2O. The molecule has 1 heterocycles. The Kier molecular flexibility index (Phi) is 2.94. The van der Waals surface area contributed by atoms with E-state index in [0.717, 1.165) is 0 Å². The highest BCUT2D eigenvalue weighted by atomic mass is 35.5. The molecule has 0 spiro atoms. The standard InChI is InChI=1S/C11H10ClFN2O/c1-15-6-5-9(14-15)11(16)10-7(12)3-2-4-8(10)13/h2-6,11,16H,1H3. The number of aromatic nitrogens is 2. The third-order valence-electron chi connectivity index (χ3n) is 2.29. The van der Waals surface area contributed by atoms with Crippen molar-refractivity contribution in [3.63, 3.8) is 0 Å². The van der Waals surface area contributed by atoms with E-state index >= 15 is 0 Å². The number of aryl methyl sites for hydroxylation is 1. The van der Waals surface area contributed by atoms with E-state index in [1.165, 1.54) is 22.9 Å². The van der Waals surface area contributed by atoms with Gasteiger partial charge in [-0.2, -0.15) is 5.10 Å². The van der Waals surface area contributed by atoms with E-state index in [0.29, 0.717) is 5.69 Å². The van der Waals surface area contributed by atoms with Gasteiger partial charge in [0.05, 0.1) is 5.69 Å². The molecule has 0 amide bonds. The Hall–Kier alpha value is -1.39. The summed E-state index contributed by atoms with van der Waals surface area (Å²) in [6, 6.07) is 5.90. The SMILES string of the molecule is Cn1ccc(C(O)c2c(F)cccc2Cl)n1. The molecule has 1 N–H and O–H groups in total. The second-order valence-corrected chi connectivity index (χ2v) is 3.86. The highest BCUT2D eigenvalue weighted by molar-refractivity contribution is 6.31. The molecule has 2 aromatic rings. The van der Waals surface area contributed by atoms with Crippen molar-refractivity contribution in [2.24, 2.45) is 7.05 Å². The van der Waals surface area contributed by atoms with E-state index in [2.05, 4.69) is 5.10 Å². The van der Waals surface area contributed by atoms with Crippen LogP contribution in [0.15, 0.2) is 30.5 Å². The Morgan fingerprint density at radius 1 is 1.44 bits per heavy atom. The lowest BCUT2D eigenvalue weighted by Crippen LogP contribution is -2.05. The predicted molar refractivity (Wildman–Crippen MR) is 58.7 cm³/mol. The van der Waals surface area contributed by atoms with Crippen LogP contribution in [0.25, 0.3) is 0 Å². The molecule has 16 heavy (non-hydrogen) atoms. The van der Waals surface area contributed by atoms with E-state index in [9.17, 15) is 9.50 Å². The van der Waals surface area contributed by atoms with E-state index < -0.39 is 11.9 Å². The lowest BCUT2D eigenvalue weighted by Gasteiger charge is -2.11. The van der Waals surface area contributed by atoms with Gasteiger partial charge in [0.1, 0.15) is 11.9 Å². The maximum atomic E-state index is 13.5. The van der Waals surface area contributed by atoms with Crippen molar-refractivity contribution in [1.29, 1.82) is 0 Å². The largest absolute Gasteiger partial charge is 0.382 e. The van der Waals surface area contributed by atoms with Crippen LogP contribution in [0.5, 0.6) is 0 Å². The third kappa shape index (κ3) is 1.94. The number of halogens is 2. The summed E-state index contributed by atoms with van der Waals surface area (Å²) in [5.74, 6) is -0.536. The molecule has 0 aliphatic heterocycles. The molecule has 0 aliphatic carbocycles. The smallest absolute Gasteiger partial charge is 0.130 e. The van der Waals surface area contributed by atoms with E-state index in [4.69, 9.17) is 11.6 Å². The first-order valence-electron chi connectivity index (χ1n) is 4.71. The molecule has 1 aromatic carbocycles. The van der Waals surface area contributed by atoms with E-state index in [1.807, 2.05) is 0 Å². The second kappa shape index (κ2) is 4.23. The van der Waals surface area contributed by atoms with Gasteiger partial charge in [-0.05, 0) is 18.2 Å². The van der Waals surface area contributed by atoms with Crippen molar-refractivity contribution in [1.82, 2.24) is 9.78 Å². The summed E-state index contributed by atoms with van der Waals surface area (Å²) in [6.07, 6.45) is 0.530. The van der Waals surface area contributed by atoms with Crippen molar-refractivity contribution in [2.45, 2.75) is 6.10 Å². The molecule has 1 unspecified atom stereocenters. The molecule has 0 fully saturated rings. The van der Waals surface area contributed by atoms with Crippen LogP contribution in [-0.2, 0) is 7.05 Å². The Balaban J connectivity index is 2.45. The zero-order valence-corrected chi connectivity index (χ0v) is 9.32. The molecule has 0 saturated carbocycles. The molecule has 0 saturated heterocycles. The van der Waals surface area contributed by atoms with Gasteiger partial charge in [0.25, 0.3) is 0 Å². The monoisotopic (exact) mass is 240 g/mol. The summed E-state index contributed by atoms with van der Waals surface area (Å²) in [6.45, 7) is 0. The summed E-state index contributed by atoms with van der Waals surface area (Å²) in [5.41, 5.74) is 0.428. The van der Waals surface area contributed by atoms with Gasteiger partial charge in [-0.1, -0.05) is 17.7 Å². The Morgan fingerprint density at radius 2 is 2.19 bits per heavy atom. The summed E-state index contributed by atoms with van der Waals surface area (Å²) < 4.78 is 15.0. The first kappa shape index (κ1) is 11.1. The summed E-state index contributed by atoms with van der Waals surface area (Å²) in [4.78, 5) is 0. The minimum absolute atomic E-state index is 0.0582. The highest BCUT2D eigenvalue weighted by Crippen LogP contribution is 2.29. The number of hydrogen-bond acceptors (Lipinski definition) is 2. The zero-order valence-electron chi connectivity index (χ0n) is 8.56. The van der Waals surface area contributed by atoms with E-state index in [-0.39, 0.29) is 10.6 Å². The summed E-state index contributed by atoms with van der Waals surface area (Å²) in [7, 11) is 1.72. The molecule has 0 radical (unpaired) electrons. The average molecular weight is 241 g/mol. The number of hydrogen-bond donors (Lipinski definition) is 1. The van der Waals surface area contributed by atoms with Crippen LogP contribution in [0.3, 0.4) is 0 Å². The van der Waals surface area contributed by atoms with Gasteiger partial charge < -0.3 is 5.11 Å². The Bertz CT molecular complexity index is 492. The quantitative estimate of drug-likeness (QED) is 0.875. The molecular weight excluding hydrogens is 231 g/mol. The molecule has 1 atom stereocenters. The van der Waals surface area contributed by atoms with Gasteiger partial charge in [-0.25, -0.2) is 4.39 Å². The maximum absolute atomic E-state index is 13.5. The van der Waals surface area contributed by atoms with Crippen molar-refractivity contribution >= 4 is 11.6 Å². The first-order chi connectivity index (χ1) is 7.59. The topological polar surface area (TPSA) is 38.0 Å². The number of benzene rings is 1. The normalized spacial score (nSPS) is 12.8. The molecule has 3 nitrogen and oxygen atoms in total. The molecule has 1 aromatic heterocycles. The van der Waals surface area contributed by atoms with Crippen LogP contribution in [0.1, 0.15) is 17.4 Å².